The van der Waals surface area contributed by atoms with E-state index >= 15 is 0 Å². The van der Waals surface area contributed by atoms with Gasteiger partial charge in [-0.05, 0) is 18.4 Å². The average molecular weight is 265 g/mol. The molecule has 3 N–H and O–H groups in total. The molecule has 0 aliphatic rings. The Balaban J connectivity index is 2.02. The smallest absolute Gasteiger partial charge is 0.242 e. The summed E-state index contributed by atoms with van der Waals surface area (Å²) in [4.78, 5) is 12.8. The van der Waals surface area contributed by atoms with E-state index in [-0.39, 0.29) is 11.9 Å². The van der Waals surface area contributed by atoms with Gasteiger partial charge in [-0.2, -0.15) is 0 Å². The topological polar surface area (TPSA) is 85.8 Å². The summed E-state index contributed by atoms with van der Waals surface area (Å²) >= 11 is 1.47. The molecule has 0 radical (unpaired) electrons. The van der Waals surface area contributed by atoms with Crippen LogP contribution in [0.3, 0.4) is 0 Å². The third-order valence-electron chi connectivity index (χ3n) is 2.62. The number of hydrogen-bond donors (Lipinski definition) is 2. The van der Waals surface area contributed by atoms with Crippen molar-refractivity contribution in [1.29, 1.82) is 0 Å². The van der Waals surface area contributed by atoms with E-state index in [1.54, 1.807) is 10.9 Å². The lowest BCUT2D eigenvalue weighted by Gasteiger charge is -2.16. The number of amides is 1. The van der Waals surface area contributed by atoms with E-state index < -0.39 is 6.04 Å². The lowest BCUT2D eigenvalue weighted by Crippen LogP contribution is -2.36. The molecule has 2 rings (SSSR count). The zero-order valence-electron chi connectivity index (χ0n) is 10.2. The van der Waals surface area contributed by atoms with Crippen LogP contribution in [0.1, 0.15) is 29.7 Å². The van der Waals surface area contributed by atoms with Crippen molar-refractivity contribution in [3.8, 4) is 0 Å². The molecule has 6 nitrogen and oxygen atoms in total. The highest BCUT2D eigenvalue weighted by Crippen LogP contribution is 2.18. The first-order valence-electron chi connectivity index (χ1n) is 5.53. The molecule has 0 saturated carbocycles. The third kappa shape index (κ3) is 2.57. The molecule has 96 valence electrons. The normalized spacial score (nSPS) is 14.2. The molecule has 0 fully saturated rings. The van der Waals surface area contributed by atoms with Gasteiger partial charge in [-0.3, -0.25) is 4.79 Å². The second-order valence-corrected chi connectivity index (χ2v) is 5.00. The SMILES string of the molecule is CC(NC(=O)C(N)c1cccs1)c1nncn1C. The van der Waals surface area contributed by atoms with Gasteiger partial charge in [0.25, 0.3) is 0 Å². The Bertz CT molecular complexity index is 521. The van der Waals surface area contributed by atoms with Gasteiger partial charge in [0.2, 0.25) is 5.91 Å². The summed E-state index contributed by atoms with van der Waals surface area (Å²) in [6, 6.07) is 2.86. The molecule has 0 aliphatic heterocycles. The first-order valence-corrected chi connectivity index (χ1v) is 6.41. The van der Waals surface area contributed by atoms with Crippen LogP contribution < -0.4 is 11.1 Å². The van der Waals surface area contributed by atoms with Crippen molar-refractivity contribution in [2.45, 2.75) is 19.0 Å². The Labute approximate surface area is 109 Å². The zero-order valence-corrected chi connectivity index (χ0v) is 11.0. The molecular formula is C11H15N5OS. The number of aromatic nitrogens is 3. The fraction of sp³-hybridized carbons (Fsp3) is 0.364. The van der Waals surface area contributed by atoms with Crippen molar-refractivity contribution in [2.75, 3.05) is 0 Å². The van der Waals surface area contributed by atoms with Gasteiger partial charge in [0.15, 0.2) is 5.82 Å². The molecule has 2 aromatic rings. The van der Waals surface area contributed by atoms with Crippen LogP contribution in [0.5, 0.6) is 0 Å². The highest BCUT2D eigenvalue weighted by Gasteiger charge is 2.20. The lowest BCUT2D eigenvalue weighted by atomic mass is 10.2. The molecule has 0 aromatic carbocycles. The monoisotopic (exact) mass is 265 g/mol. The standard InChI is InChI=1S/C11H15N5OS/c1-7(10-15-13-6-16(10)2)14-11(17)9(12)8-4-3-5-18-8/h3-7,9H,12H2,1-2H3,(H,14,17). The number of carbonyl (C=O) groups excluding carboxylic acids is 1. The van der Waals surface area contributed by atoms with E-state index in [9.17, 15) is 4.79 Å². The van der Waals surface area contributed by atoms with Crippen LogP contribution in [-0.4, -0.2) is 20.7 Å². The van der Waals surface area contributed by atoms with Crippen molar-refractivity contribution in [2.24, 2.45) is 12.8 Å². The third-order valence-corrected chi connectivity index (χ3v) is 3.58. The molecule has 18 heavy (non-hydrogen) atoms. The number of nitrogens with two attached hydrogens (primary N) is 1. The maximum atomic E-state index is 12.0. The second-order valence-electron chi connectivity index (χ2n) is 4.02. The molecule has 0 aliphatic carbocycles. The molecule has 0 bridgehead atoms. The molecule has 2 heterocycles. The van der Waals surface area contributed by atoms with Gasteiger partial charge in [0, 0.05) is 11.9 Å². The van der Waals surface area contributed by atoms with Crippen molar-refractivity contribution in [1.82, 2.24) is 20.1 Å². The maximum absolute atomic E-state index is 12.0. The predicted octanol–water partition coefficient (Wildman–Crippen LogP) is 0.754. The van der Waals surface area contributed by atoms with Crippen LogP contribution in [0.2, 0.25) is 0 Å². The molecule has 1 amide bonds. The second kappa shape index (κ2) is 5.28. The Morgan fingerprint density at radius 1 is 1.61 bits per heavy atom. The molecule has 0 saturated heterocycles. The van der Waals surface area contributed by atoms with Crippen LogP contribution in [0.15, 0.2) is 23.8 Å². The molecule has 2 atom stereocenters. The number of rotatable bonds is 4. The Hall–Kier alpha value is -1.73. The maximum Gasteiger partial charge on any atom is 0.242 e. The quantitative estimate of drug-likeness (QED) is 0.854. The van der Waals surface area contributed by atoms with Gasteiger partial charge in [-0.15, -0.1) is 21.5 Å². The van der Waals surface area contributed by atoms with Crippen LogP contribution in [0.25, 0.3) is 0 Å². The summed E-state index contributed by atoms with van der Waals surface area (Å²) in [6.07, 6.45) is 1.59. The van der Waals surface area contributed by atoms with Gasteiger partial charge >= 0.3 is 0 Å². The van der Waals surface area contributed by atoms with Gasteiger partial charge in [0.1, 0.15) is 12.4 Å². The molecule has 2 aromatic heterocycles. The van der Waals surface area contributed by atoms with Gasteiger partial charge < -0.3 is 15.6 Å². The average Bonchev–Trinajstić information content (AvgIpc) is 2.98. The number of nitrogens with zero attached hydrogens (tertiary/aromatic N) is 3. The first-order chi connectivity index (χ1) is 8.59. The van der Waals surface area contributed by atoms with Crippen molar-refractivity contribution in [3.05, 3.63) is 34.5 Å². The highest BCUT2D eigenvalue weighted by molar-refractivity contribution is 7.10. The minimum absolute atomic E-state index is 0.215. The summed E-state index contributed by atoms with van der Waals surface area (Å²) < 4.78 is 1.77. The Morgan fingerprint density at radius 2 is 2.39 bits per heavy atom. The molecule has 0 spiro atoms. The van der Waals surface area contributed by atoms with Crippen molar-refractivity contribution < 1.29 is 4.79 Å². The first kappa shape index (κ1) is 12.7. The summed E-state index contributed by atoms with van der Waals surface area (Å²) in [5.74, 6) is 0.481. The minimum Gasteiger partial charge on any atom is -0.345 e. The summed E-state index contributed by atoms with van der Waals surface area (Å²) in [7, 11) is 1.83. The van der Waals surface area contributed by atoms with Crippen LogP contribution in [0, 0.1) is 0 Å². The molecular weight excluding hydrogens is 250 g/mol. The molecule has 2 unspecified atom stereocenters. The molecule has 7 heteroatoms. The van der Waals surface area contributed by atoms with E-state index in [2.05, 4.69) is 15.5 Å². The number of carbonyl (C=O) groups is 1. The Kier molecular flexibility index (Phi) is 3.73. The van der Waals surface area contributed by atoms with Gasteiger partial charge in [-0.25, -0.2) is 0 Å². The van der Waals surface area contributed by atoms with E-state index in [1.807, 2.05) is 31.5 Å². The fourth-order valence-corrected chi connectivity index (χ4v) is 2.37. The zero-order chi connectivity index (χ0) is 13.1. The van der Waals surface area contributed by atoms with Gasteiger partial charge in [-0.1, -0.05) is 6.07 Å². The summed E-state index contributed by atoms with van der Waals surface area (Å²) in [5, 5.41) is 12.5. The lowest BCUT2D eigenvalue weighted by molar-refractivity contribution is -0.123. The largest absolute Gasteiger partial charge is 0.345 e. The fourth-order valence-electron chi connectivity index (χ4n) is 1.65. The van der Waals surface area contributed by atoms with Crippen molar-refractivity contribution >= 4 is 17.2 Å². The minimum atomic E-state index is -0.638. The number of aryl methyl sites for hydroxylation is 1. The summed E-state index contributed by atoms with van der Waals surface area (Å²) in [6.45, 7) is 1.85. The number of nitrogens with one attached hydrogen (secondary N) is 1. The van der Waals surface area contributed by atoms with Crippen LogP contribution >= 0.6 is 11.3 Å². The van der Waals surface area contributed by atoms with Crippen molar-refractivity contribution in [3.63, 3.8) is 0 Å². The Morgan fingerprint density at radius 3 is 2.94 bits per heavy atom. The van der Waals surface area contributed by atoms with Crippen LogP contribution in [-0.2, 0) is 11.8 Å². The van der Waals surface area contributed by atoms with E-state index in [0.717, 1.165) is 4.88 Å². The highest BCUT2D eigenvalue weighted by atomic mass is 32.1. The van der Waals surface area contributed by atoms with Gasteiger partial charge in [0.05, 0.1) is 6.04 Å². The van der Waals surface area contributed by atoms with E-state index in [1.165, 1.54) is 11.3 Å². The van der Waals surface area contributed by atoms with Crippen LogP contribution in [0.4, 0.5) is 0 Å². The summed E-state index contributed by atoms with van der Waals surface area (Å²) in [5.41, 5.74) is 5.88. The van der Waals surface area contributed by atoms with E-state index in [4.69, 9.17) is 5.73 Å². The van der Waals surface area contributed by atoms with E-state index in [0.29, 0.717) is 5.82 Å². The number of thiophene rings is 1. The number of hydrogen-bond acceptors (Lipinski definition) is 5. The predicted molar refractivity (Wildman–Crippen MR) is 68.8 cm³/mol.